The van der Waals surface area contributed by atoms with E-state index in [1.165, 1.54) is 5.56 Å². The van der Waals surface area contributed by atoms with E-state index in [1.54, 1.807) is 0 Å². The fourth-order valence-electron chi connectivity index (χ4n) is 2.63. The molecule has 0 atom stereocenters. The highest BCUT2D eigenvalue weighted by Gasteiger charge is 2.13. The van der Waals surface area contributed by atoms with Gasteiger partial charge < -0.3 is 25.0 Å². The average molecular weight is 341 g/mol. The van der Waals surface area contributed by atoms with E-state index in [4.69, 9.17) is 9.47 Å². The Morgan fingerprint density at radius 3 is 2.68 bits per heavy atom. The summed E-state index contributed by atoms with van der Waals surface area (Å²) in [4.78, 5) is 14.1. The molecular formula is C19H23N3O3. The SMILES string of the molecule is CN(CCNC(=O)NCc1ccc2c(c1)OCO2)Cc1ccccc1. The predicted molar refractivity (Wildman–Crippen MR) is 95.6 cm³/mol. The lowest BCUT2D eigenvalue weighted by Gasteiger charge is -2.17. The molecule has 6 heteroatoms. The first-order chi connectivity index (χ1) is 12.2. The van der Waals surface area contributed by atoms with Gasteiger partial charge >= 0.3 is 6.03 Å². The van der Waals surface area contributed by atoms with Crippen molar-refractivity contribution in [1.29, 1.82) is 0 Å². The van der Waals surface area contributed by atoms with Gasteiger partial charge in [-0.25, -0.2) is 4.79 Å². The third kappa shape index (κ3) is 5.12. The quantitative estimate of drug-likeness (QED) is 0.811. The molecule has 6 nitrogen and oxygen atoms in total. The van der Waals surface area contributed by atoms with Crippen molar-refractivity contribution in [2.24, 2.45) is 0 Å². The summed E-state index contributed by atoms with van der Waals surface area (Å²) in [5.74, 6) is 1.47. The van der Waals surface area contributed by atoms with Crippen LogP contribution < -0.4 is 20.1 Å². The second-order valence-electron chi connectivity index (χ2n) is 6.02. The summed E-state index contributed by atoms with van der Waals surface area (Å²) in [5, 5.41) is 5.72. The summed E-state index contributed by atoms with van der Waals surface area (Å²) in [6, 6.07) is 15.8. The van der Waals surface area contributed by atoms with Crippen LogP contribution in [-0.2, 0) is 13.1 Å². The van der Waals surface area contributed by atoms with Crippen molar-refractivity contribution in [3.63, 3.8) is 0 Å². The van der Waals surface area contributed by atoms with Gasteiger partial charge in [0.25, 0.3) is 0 Å². The summed E-state index contributed by atoms with van der Waals surface area (Å²) < 4.78 is 10.6. The van der Waals surface area contributed by atoms with Crippen molar-refractivity contribution in [2.75, 3.05) is 26.9 Å². The monoisotopic (exact) mass is 341 g/mol. The Morgan fingerprint density at radius 2 is 1.84 bits per heavy atom. The molecule has 0 saturated heterocycles. The molecule has 0 aromatic heterocycles. The van der Waals surface area contributed by atoms with Crippen LogP contribution in [0, 0.1) is 0 Å². The van der Waals surface area contributed by atoms with E-state index in [9.17, 15) is 4.79 Å². The summed E-state index contributed by atoms with van der Waals surface area (Å²) >= 11 is 0. The number of benzene rings is 2. The normalized spacial score (nSPS) is 12.2. The summed E-state index contributed by atoms with van der Waals surface area (Å²) in [7, 11) is 2.04. The smallest absolute Gasteiger partial charge is 0.315 e. The van der Waals surface area contributed by atoms with Gasteiger partial charge in [-0.05, 0) is 30.3 Å². The van der Waals surface area contributed by atoms with E-state index < -0.39 is 0 Å². The van der Waals surface area contributed by atoms with Crippen LogP contribution in [0.4, 0.5) is 4.79 Å². The molecule has 0 fully saturated rings. The molecule has 132 valence electrons. The number of carbonyl (C=O) groups excluding carboxylic acids is 1. The molecule has 2 aromatic carbocycles. The minimum atomic E-state index is -0.175. The molecule has 3 rings (SSSR count). The topological polar surface area (TPSA) is 62.8 Å². The van der Waals surface area contributed by atoms with E-state index in [1.807, 2.05) is 43.4 Å². The molecule has 0 saturated carbocycles. The highest BCUT2D eigenvalue weighted by Crippen LogP contribution is 2.32. The molecule has 1 aliphatic heterocycles. The third-order valence-electron chi connectivity index (χ3n) is 3.96. The standard InChI is InChI=1S/C19H23N3O3/c1-22(13-15-5-3-2-4-6-15)10-9-20-19(23)21-12-16-7-8-17-18(11-16)25-14-24-17/h2-8,11H,9-10,12-14H2,1H3,(H2,20,21,23). The van der Waals surface area contributed by atoms with Gasteiger partial charge in [0.2, 0.25) is 6.79 Å². The second-order valence-corrected chi connectivity index (χ2v) is 6.02. The molecule has 2 amide bonds. The zero-order valence-corrected chi connectivity index (χ0v) is 14.3. The first kappa shape index (κ1) is 17.1. The number of likely N-dealkylation sites (N-methyl/N-ethyl adjacent to an activating group) is 1. The number of amides is 2. The molecular weight excluding hydrogens is 318 g/mol. The zero-order valence-electron chi connectivity index (χ0n) is 14.3. The molecule has 0 aliphatic carbocycles. The van der Waals surface area contributed by atoms with Crippen LogP contribution in [0.3, 0.4) is 0 Å². The number of ether oxygens (including phenoxy) is 2. The number of urea groups is 1. The van der Waals surface area contributed by atoms with E-state index in [-0.39, 0.29) is 12.8 Å². The van der Waals surface area contributed by atoms with Gasteiger partial charge in [-0.15, -0.1) is 0 Å². The number of hydrogen-bond donors (Lipinski definition) is 2. The van der Waals surface area contributed by atoms with Crippen LogP contribution in [0.5, 0.6) is 11.5 Å². The van der Waals surface area contributed by atoms with Crippen molar-refractivity contribution in [3.05, 3.63) is 59.7 Å². The van der Waals surface area contributed by atoms with Crippen LogP contribution in [-0.4, -0.2) is 37.9 Å². The van der Waals surface area contributed by atoms with Gasteiger partial charge in [-0.3, -0.25) is 0 Å². The minimum Gasteiger partial charge on any atom is -0.454 e. The summed E-state index contributed by atoms with van der Waals surface area (Å²) in [6.07, 6.45) is 0. The Morgan fingerprint density at radius 1 is 1.04 bits per heavy atom. The van der Waals surface area contributed by atoms with Gasteiger partial charge in [-0.2, -0.15) is 0 Å². The molecule has 0 bridgehead atoms. The fraction of sp³-hybridized carbons (Fsp3) is 0.316. The number of hydrogen-bond acceptors (Lipinski definition) is 4. The molecule has 2 aromatic rings. The van der Waals surface area contributed by atoms with Gasteiger partial charge in [0.1, 0.15) is 0 Å². The maximum absolute atomic E-state index is 11.9. The third-order valence-corrected chi connectivity index (χ3v) is 3.96. The molecule has 0 spiro atoms. The predicted octanol–water partition coefficient (Wildman–Crippen LogP) is 2.35. The molecule has 2 N–H and O–H groups in total. The van der Waals surface area contributed by atoms with E-state index in [0.29, 0.717) is 13.1 Å². The van der Waals surface area contributed by atoms with Crippen LogP contribution in [0.25, 0.3) is 0 Å². The maximum Gasteiger partial charge on any atom is 0.315 e. The van der Waals surface area contributed by atoms with Crippen LogP contribution in [0.1, 0.15) is 11.1 Å². The number of nitrogens with one attached hydrogen (secondary N) is 2. The van der Waals surface area contributed by atoms with Crippen molar-refractivity contribution < 1.29 is 14.3 Å². The van der Waals surface area contributed by atoms with Crippen LogP contribution in [0.15, 0.2) is 48.5 Å². The largest absolute Gasteiger partial charge is 0.454 e. The molecule has 1 aliphatic rings. The number of carbonyl (C=O) groups is 1. The maximum atomic E-state index is 11.9. The van der Waals surface area contributed by atoms with Crippen molar-refractivity contribution in [2.45, 2.75) is 13.1 Å². The average Bonchev–Trinajstić information content (AvgIpc) is 3.08. The zero-order chi connectivity index (χ0) is 17.5. The Labute approximate surface area is 147 Å². The lowest BCUT2D eigenvalue weighted by atomic mass is 10.2. The highest BCUT2D eigenvalue weighted by molar-refractivity contribution is 5.73. The second kappa shape index (κ2) is 8.39. The van der Waals surface area contributed by atoms with E-state index >= 15 is 0 Å². The van der Waals surface area contributed by atoms with Crippen LogP contribution in [0.2, 0.25) is 0 Å². The lowest BCUT2D eigenvalue weighted by Crippen LogP contribution is -2.39. The van der Waals surface area contributed by atoms with E-state index in [2.05, 4.69) is 27.7 Å². The number of nitrogens with zero attached hydrogens (tertiary/aromatic N) is 1. The van der Waals surface area contributed by atoms with Gasteiger partial charge in [0, 0.05) is 26.2 Å². The van der Waals surface area contributed by atoms with Gasteiger partial charge in [0.05, 0.1) is 0 Å². The Bertz CT molecular complexity index is 706. The van der Waals surface area contributed by atoms with E-state index in [0.717, 1.165) is 30.2 Å². The Balaban J connectivity index is 1.34. The summed E-state index contributed by atoms with van der Waals surface area (Å²) in [5.41, 5.74) is 2.23. The van der Waals surface area contributed by atoms with Gasteiger partial charge in [-0.1, -0.05) is 36.4 Å². The molecule has 0 unspecified atom stereocenters. The Hall–Kier alpha value is -2.73. The van der Waals surface area contributed by atoms with Crippen LogP contribution >= 0.6 is 0 Å². The first-order valence-corrected chi connectivity index (χ1v) is 8.33. The van der Waals surface area contributed by atoms with Gasteiger partial charge in [0.15, 0.2) is 11.5 Å². The fourth-order valence-corrected chi connectivity index (χ4v) is 2.63. The number of rotatable bonds is 7. The Kier molecular flexibility index (Phi) is 5.74. The molecule has 0 radical (unpaired) electrons. The minimum absolute atomic E-state index is 0.175. The lowest BCUT2D eigenvalue weighted by molar-refractivity contribution is 0.174. The number of fused-ring (bicyclic) bond motifs is 1. The van der Waals surface area contributed by atoms with Crippen molar-refractivity contribution in [3.8, 4) is 11.5 Å². The molecule has 25 heavy (non-hydrogen) atoms. The van der Waals surface area contributed by atoms with Crippen molar-refractivity contribution in [1.82, 2.24) is 15.5 Å². The molecule has 1 heterocycles. The first-order valence-electron chi connectivity index (χ1n) is 8.33. The highest BCUT2D eigenvalue weighted by atomic mass is 16.7. The van der Waals surface area contributed by atoms with Crippen molar-refractivity contribution >= 4 is 6.03 Å². The summed E-state index contributed by atoms with van der Waals surface area (Å²) in [6.45, 7) is 2.94.